The third-order valence-corrected chi connectivity index (χ3v) is 4.27. The van der Waals surface area contributed by atoms with E-state index in [9.17, 15) is 0 Å². The molecule has 20 heavy (non-hydrogen) atoms. The summed E-state index contributed by atoms with van der Waals surface area (Å²) in [5, 5.41) is 3.45. The Morgan fingerprint density at radius 1 is 1.40 bits per heavy atom. The van der Waals surface area contributed by atoms with Gasteiger partial charge in [-0.25, -0.2) is 0 Å². The summed E-state index contributed by atoms with van der Waals surface area (Å²) < 4.78 is 5.63. The van der Waals surface area contributed by atoms with Gasteiger partial charge in [-0.05, 0) is 38.3 Å². The molecule has 1 atom stereocenters. The highest BCUT2D eigenvalue weighted by molar-refractivity contribution is 7.98. The number of hydrogen-bond donors (Lipinski definition) is 1. The molecule has 0 bridgehead atoms. The molecule has 0 aliphatic carbocycles. The number of nitrogens with zero attached hydrogens (tertiary/aromatic N) is 1. The van der Waals surface area contributed by atoms with E-state index in [0.717, 1.165) is 25.4 Å². The molecule has 1 N–H and O–H groups in total. The molecule has 3 nitrogen and oxygen atoms in total. The van der Waals surface area contributed by atoms with Gasteiger partial charge in [0.05, 0.1) is 12.8 Å². The van der Waals surface area contributed by atoms with Crippen molar-refractivity contribution in [2.24, 2.45) is 5.92 Å². The number of furan rings is 1. The predicted octanol–water partition coefficient (Wildman–Crippen LogP) is 3.60. The molecule has 1 aromatic rings. The first-order chi connectivity index (χ1) is 9.58. The van der Waals surface area contributed by atoms with Gasteiger partial charge in [0.25, 0.3) is 0 Å². The van der Waals surface area contributed by atoms with Crippen molar-refractivity contribution in [2.75, 3.05) is 25.6 Å². The first-order valence-corrected chi connectivity index (χ1v) is 8.93. The van der Waals surface area contributed by atoms with Crippen molar-refractivity contribution in [3.05, 3.63) is 23.7 Å². The molecule has 4 heteroatoms. The standard InChI is InChI=1S/C16H30N2OS/c1-6-15(12-20-5)18(4)11-14-7-8-19-16(14)10-17-9-13(2)3/h7-8,13,15,17H,6,9-12H2,1-5H3. The molecule has 0 aliphatic heterocycles. The summed E-state index contributed by atoms with van der Waals surface area (Å²) in [6, 6.07) is 2.74. The molecule has 0 saturated heterocycles. The van der Waals surface area contributed by atoms with E-state index in [1.807, 2.05) is 18.0 Å². The molecular formula is C16H30N2OS. The van der Waals surface area contributed by atoms with Crippen molar-refractivity contribution >= 4 is 11.8 Å². The Kier molecular flexibility index (Phi) is 8.34. The van der Waals surface area contributed by atoms with Crippen LogP contribution >= 0.6 is 11.8 Å². The van der Waals surface area contributed by atoms with Crippen molar-refractivity contribution in [3.8, 4) is 0 Å². The molecule has 0 radical (unpaired) electrons. The van der Waals surface area contributed by atoms with Gasteiger partial charge in [0.15, 0.2) is 0 Å². The van der Waals surface area contributed by atoms with Gasteiger partial charge in [-0.15, -0.1) is 0 Å². The molecule has 1 aromatic heterocycles. The Morgan fingerprint density at radius 2 is 2.15 bits per heavy atom. The lowest BCUT2D eigenvalue weighted by atomic mass is 10.1. The fourth-order valence-corrected chi connectivity index (χ4v) is 3.16. The van der Waals surface area contributed by atoms with E-state index in [4.69, 9.17) is 4.42 Å². The van der Waals surface area contributed by atoms with E-state index in [1.165, 1.54) is 17.7 Å². The maximum Gasteiger partial charge on any atom is 0.122 e. The fraction of sp³-hybridized carbons (Fsp3) is 0.750. The van der Waals surface area contributed by atoms with E-state index < -0.39 is 0 Å². The zero-order valence-electron chi connectivity index (χ0n) is 13.6. The Hall–Kier alpha value is -0.450. The minimum Gasteiger partial charge on any atom is -0.468 e. The molecule has 0 spiro atoms. The largest absolute Gasteiger partial charge is 0.468 e. The van der Waals surface area contributed by atoms with E-state index >= 15 is 0 Å². The second kappa shape index (κ2) is 9.48. The lowest BCUT2D eigenvalue weighted by Gasteiger charge is -2.26. The maximum absolute atomic E-state index is 5.63. The summed E-state index contributed by atoms with van der Waals surface area (Å²) >= 11 is 1.92. The first-order valence-electron chi connectivity index (χ1n) is 7.53. The van der Waals surface area contributed by atoms with Crippen molar-refractivity contribution < 1.29 is 4.42 Å². The average molecular weight is 298 g/mol. The van der Waals surface area contributed by atoms with Crippen LogP contribution in [0.3, 0.4) is 0 Å². The van der Waals surface area contributed by atoms with E-state index in [2.05, 4.69) is 50.4 Å². The Morgan fingerprint density at radius 3 is 2.75 bits per heavy atom. The van der Waals surface area contributed by atoms with Gasteiger partial charge < -0.3 is 9.73 Å². The molecular weight excluding hydrogens is 268 g/mol. The van der Waals surface area contributed by atoms with Crippen molar-refractivity contribution in [1.29, 1.82) is 0 Å². The Balaban J connectivity index is 2.52. The van der Waals surface area contributed by atoms with Crippen LogP contribution in [0.5, 0.6) is 0 Å². The second-order valence-corrected chi connectivity index (χ2v) is 6.74. The number of rotatable bonds is 10. The minimum atomic E-state index is 0.636. The van der Waals surface area contributed by atoms with Crippen molar-refractivity contribution in [2.45, 2.75) is 46.3 Å². The van der Waals surface area contributed by atoms with Crippen LogP contribution in [0.4, 0.5) is 0 Å². The SMILES string of the molecule is CCC(CSC)N(C)Cc1ccoc1CNCC(C)C. The maximum atomic E-state index is 5.63. The molecule has 0 fully saturated rings. The highest BCUT2D eigenvalue weighted by Crippen LogP contribution is 2.16. The lowest BCUT2D eigenvalue weighted by Crippen LogP contribution is -2.33. The highest BCUT2D eigenvalue weighted by Gasteiger charge is 2.15. The van der Waals surface area contributed by atoms with Gasteiger partial charge >= 0.3 is 0 Å². The topological polar surface area (TPSA) is 28.4 Å². The number of hydrogen-bond acceptors (Lipinski definition) is 4. The van der Waals surface area contributed by atoms with E-state index in [1.54, 1.807) is 0 Å². The summed E-state index contributed by atoms with van der Waals surface area (Å²) in [5.41, 5.74) is 1.31. The van der Waals surface area contributed by atoms with E-state index in [-0.39, 0.29) is 0 Å². The molecule has 0 saturated carbocycles. The van der Waals surface area contributed by atoms with E-state index in [0.29, 0.717) is 12.0 Å². The van der Waals surface area contributed by atoms with Crippen LogP contribution in [0.2, 0.25) is 0 Å². The monoisotopic (exact) mass is 298 g/mol. The van der Waals surface area contributed by atoms with Crippen molar-refractivity contribution in [3.63, 3.8) is 0 Å². The van der Waals surface area contributed by atoms with Crippen LogP contribution in [0.15, 0.2) is 16.7 Å². The molecule has 1 rings (SSSR count). The third kappa shape index (κ3) is 5.90. The van der Waals surface area contributed by atoms with Gasteiger partial charge in [-0.1, -0.05) is 20.8 Å². The Bertz CT molecular complexity index is 365. The molecule has 1 heterocycles. The van der Waals surface area contributed by atoms with Crippen LogP contribution < -0.4 is 5.32 Å². The van der Waals surface area contributed by atoms with Crippen LogP contribution in [0, 0.1) is 5.92 Å². The Labute approximate surface area is 128 Å². The predicted molar refractivity (Wildman–Crippen MR) is 89.2 cm³/mol. The van der Waals surface area contributed by atoms with Crippen LogP contribution in [-0.2, 0) is 13.1 Å². The molecule has 116 valence electrons. The molecule has 0 aromatic carbocycles. The fourth-order valence-electron chi connectivity index (χ4n) is 2.28. The van der Waals surface area contributed by atoms with Crippen LogP contribution in [0.1, 0.15) is 38.5 Å². The van der Waals surface area contributed by atoms with Gasteiger partial charge in [0.1, 0.15) is 5.76 Å². The normalized spacial score (nSPS) is 13.3. The second-order valence-electron chi connectivity index (χ2n) is 5.83. The summed E-state index contributed by atoms with van der Waals surface area (Å²) in [6.07, 6.45) is 5.18. The summed E-state index contributed by atoms with van der Waals surface area (Å²) in [6.45, 7) is 9.52. The van der Waals surface area contributed by atoms with Gasteiger partial charge in [-0.3, -0.25) is 4.90 Å². The van der Waals surface area contributed by atoms with Crippen LogP contribution in [0.25, 0.3) is 0 Å². The zero-order chi connectivity index (χ0) is 15.0. The zero-order valence-corrected chi connectivity index (χ0v) is 14.4. The van der Waals surface area contributed by atoms with Gasteiger partial charge in [0, 0.05) is 23.9 Å². The number of thioether (sulfide) groups is 1. The molecule has 0 amide bonds. The summed E-state index contributed by atoms with van der Waals surface area (Å²) in [4.78, 5) is 2.44. The molecule has 1 unspecified atom stereocenters. The molecule has 0 aliphatic rings. The summed E-state index contributed by atoms with van der Waals surface area (Å²) in [7, 11) is 2.21. The minimum absolute atomic E-state index is 0.636. The number of nitrogens with one attached hydrogen (secondary N) is 1. The van der Waals surface area contributed by atoms with Gasteiger partial charge in [0.2, 0.25) is 0 Å². The quantitative estimate of drug-likeness (QED) is 0.714. The van der Waals surface area contributed by atoms with Gasteiger partial charge in [-0.2, -0.15) is 11.8 Å². The highest BCUT2D eigenvalue weighted by atomic mass is 32.2. The first kappa shape index (κ1) is 17.6. The van der Waals surface area contributed by atoms with Crippen molar-refractivity contribution in [1.82, 2.24) is 10.2 Å². The van der Waals surface area contributed by atoms with Crippen LogP contribution in [-0.4, -0.2) is 36.5 Å². The smallest absolute Gasteiger partial charge is 0.122 e. The lowest BCUT2D eigenvalue weighted by molar-refractivity contribution is 0.245. The average Bonchev–Trinajstić information content (AvgIpc) is 2.83. The third-order valence-electron chi connectivity index (χ3n) is 3.55. The summed E-state index contributed by atoms with van der Waals surface area (Å²) in [5.74, 6) is 2.94.